The Morgan fingerprint density at radius 2 is 1.82 bits per heavy atom. The number of phenols is 1. The molecule has 0 amide bonds. The highest BCUT2D eigenvalue weighted by Crippen LogP contribution is 2.31. The summed E-state index contributed by atoms with van der Waals surface area (Å²) in [4.78, 5) is 0. The summed E-state index contributed by atoms with van der Waals surface area (Å²) in [5.74, 6) is -1.46. The van der Waals surface area contributed by atoms with Crippen molar-refractivity contribution in [2.75, 3.05) is 0 Å². The second kappa shape index (κ2) is 4.59. The van der Waals surface area contributed by atoms with Crippen molar-refractivity contribution >= 4 is 11.6 Å². The first-order valence-electron chi connectivity index (χ1n) is 4.67. The van der Waals surface area contributed by atoms with Crippen LogP contribution in [0, 0.1) is 11.6 Å². The fourth-order valence-electron chi connectivity index (χ4n) is 1.24. The molecule has 1 N–H and O–H groups in total. The zero-order valence-electron chi connectivity index (χ0n) is 8.45. The summed E-state index contributed by atoms with van der Waals surface area (Å²) in [6.07, 6.45) is 0. The van der Waals surface area contributed by atoms with Crippen molar-refractivity contribution < 1.29 is 18.6 Å². The quantitative estimate of drug-likeness (QED) is 0.876. The largest absolute Gasteiger partial charge is 0.506 e. The van der Waals surface area contributed by atoms with Gasteiger partial charge in [-0.3, -0.25) is 0 Å². The van der Waals surface area contributed by atoms with Gasteiger partial charge in [0.2, 0.25) is 0 Å². The van der Waals surface area contributed by atoms with E-state index in [-0.39, 0.29) is 22.3 Å². The van der Waals surface area contributed by atoms with Crippen LogP contribution >= 0.6 is 11.6 Å². The van der Waals surface area contributed by atoms with E-state index in [4.69, 9.17) is 16.3 Å². The number of benzene rings is 2. The first-order chi connectivity index (χ1) is 8.06. The first-order valence-corrected chi connectivity index (χ1v) is 5.05. The van der Waals surface area contributed by atoms with Crippen LogP contribution in [0.4, 0.5) is 8.78 Å². The number of phenolic OH excluding ortho intramolecular Hbond substituents is 1. The topological polar surface area (TPSA) is 29.5 Å². The lowest BCUT2D eigenvalue weighted by molar-refractivity contribution is 0.434. The molecule has 0 aliphatic rings. The number of halogens is 3. The minimum Gasteiger partial charge on any atom is -0.506 e. The molecule has 2 aromatic rings. The van der Waals surface area contributed by atoms with E-state index in [0.717, 1.165) is 12.1 Å². The smallest absolute Gasteiger partial charge is 0.168 e. The molecule has 0 aliphatic heterocycles. The Bertz CT molecular complexity index is 558. The van der Waals surface area contributed by atoms with Crippen molar-refractivity contribution in [1.82, 2.24) is 0 Å². The Labute approximate surface area is 101 Å². The lowest BCUT2D eigenvalue weighted by atomic mass is 10.3. The molecule has 88 valence electrons. The predicted molar refractivity (Wildman–Crippen MR) is 59.5 cm³/mol. The molecule has 0 saturated heterocycles. The van der Waals surface area contributed by atoms with Crippen molar-refractivity contribution in [3.63, 3.8) is 0 Å². The molecule has 5 heteroatoms. The zero-order chi connectivity index (χ0) is 12.4. The minimum absolute atomic E-state index is 0.0880. The summed E-state index contributed by atoms with van der Waals surface area (Å²) >= 11 is 5.66. The highest BCUT2D eigenvalue weighted by Gasteiger charge is 2.07. The minimum atomic E-state index is -0.811. The van der Waals surface area contributed by atoms with E-state index < -0.39 is 11.6 Å². The molecule has 0 spiro atoms. The lowest BCUT2D eigenvalue weighted by Crippen LogP contribution is -1.89. The van der Waals surface area contributed by atoms with Crippen LogP contribution in [-0.2, 0) is 0 Å². The SMILES string of the molecule is Oc1ccc(Oc2ccc(F)cc2F)cc1Cl. The third-order valence-corrected chi connectivity index (χ3v) is 2.34. The van der Waals surface area contributed by atoms with Crippen molar-refractivity contribution in [1.29, 1.82) is 0 Å². The van der Waals surface area contributed by atoms with Gasteiger partial charge in [-0.15, -0.1) is 0 Å². The molecule has 0 fully saturated rings. The number of hydrogen-bond acceptors (Lipinski definition) is 2. The van der Waals surface area contributed by atoms with Crippen LogP contribution in [0.1, 0.15) is 0 Å². The number of hydrogen-bond donors (Lipinski definition) is 1. The molecule has 0 aromatic heterocycles. The van der Waals surface area contributed by atoms with E-state index in [0.29, 0.717) is 0 Å². The van der Waals surface area contributed by atoms with Gasteiger partial charge in [0.05, 0.1) is 5.02 Å². The highest BCUT2D eigenvalue weighted by atomic mass is 35.5. The molecule has 0 saturated carbocycles. The third-order valence-electron chi connectivity index (χ3n) is 2.04. The van der Waals surface area contributed by atoms with E-state index in [1.807, 2.05) is 0 Å². The number of aromatic hydroxyl groups is 1. The van der Waals surface area contributed by atoms with Crippen molar-refractivity contribution in [2.45, 2.75) is 0 Å². The monoisotopic (exact) mass is 256 g/mol. The van der Waals surface area contributed by atoms with E-state index in [1.54, 1.807) is 0 Å². The van der Waals surface area contributed by atoms with Crippen LogP contribution in [0.25, 0.3) is 0 Å². The Kier molecular flexibility index (Phi) is 3.15. The molecule has 0 unspecified atom stereocenters. The predicted octanol–water partition coefficient (Wildman–Crippen LogP) is 4.12. The summed E-state index contributed by atoms with van der Waals surface area (Å²) in [6.45, 7) is 0. The summed E-state index contributed by atoms with van der Waals surface area (Å²) < 4.78 is 31.1. The van der Waals surface area contributed by atoms with Gasteiger partial charge in [-0.05, 0) is 24.3 Å². The standard InChI is InChI=1S/C12H7ClF2O2/c13-9-6-8(2-3-11(9)16)17-12-4-1-7(14)5-10(12)15/h1-6,16H. The van der Waals surface area contributed by atoms with Crippen LogP contribution in [0.2, 0.25) is 5.02 Å². The molecular weight excluding hydrogens is 250 g/mol. The molecule has 2 rings (SSSR count). The molecule has 2 nitrogen and oxygen atoms in total. The van der Waals surface area contributed by atoms with Gasteiger partial charge in [0.25, 0.3) is 0 Å². The first kappa shape index (κ1) is 11.7. The zero-order valence-corrected chi connectivity index (χ0v) is 9.21. The maximum atomic E-state index is 13.3. The van der Waals surface area contributed by atoms with E-state index >= 15 is 0 Å². The number of ether oxygens (including phenoxy) is 1. The maximum absolute atomic E-state index is 13.3. The van der Waals surface area contributed by atoms with Gasteiger partial charge in [-0.1, -0.05) is 11.6 Å². The second-order valence-electron chi connectivity index (χ2n) is 3.29. The van der Waals surface area contributed by atoms with E-state index in [2.05, 4.69) is 0 Å². The van der Waals surface area contributed by atoms with Crippen LogP contribution in [0.3, 0.4) is 0 Å². The van der Waals surface area contributed by atoms with Gasteiger partial charge in [0, 0.05) is 12.1 Å². The van der Waals surface area contributed by atoms with E-state index in [1.165, 1.54) is 24.3 Å². The molecule has 0 aliphatic carbocycles. The fraction of sp³-hybridized carbons (Fsp3) is 0. The van der Waals surface area contributed by atoms with Gasteiger partial charge >= 0.3 is 0 Å². The lowest BCUT2D eigenvalue weighted by Gasteiger charge is -2.07. The highest BCUT2D eigenvalue weighted by molar-refractivity contribution is 6.32. The van der Waals surface area contributed by atoms with Gasteiger partial charge < -0.3 is 9.84 Å². The third kappa shape index (κ3) is 2.65. The number of rotatable bonds is 2. The fourth-order valence-corrected chi connectivity index (χ4v) is 1.41. The molecular formula is C12H7ClF2O2. The van der Waals surface area contributed by atoms with Crippen LogP contribution in [-0.4, -0.2) is 5.11 Å². The molecule has 17 heavy (non-hydrogen) atoms. The summed E-state index contributed by atoms with van der Waals surface area (Å²) in [5, 5.41) is 9.28. The molecule has 0 radical (unpaired) electrons. The van der Waals surface area contributed by atoms with Crippen LogP contribution in [0.5, 0.6) is 17.2 Å². The average Bonchev–Trinajstić information content (AvgIpc) is 2.27. The van der Waals surface area contributed by atoms with Gasteiger partial charge in [-0.2, -0.15) is 0 Å². The Balaban J connectivity index is 2.28. The Morgan fingerprint density at radius 1 is 1.06 bits per heavy atom. The average molecular weight is 257 g/mol. The van der Waals surface area contributed by atoms with Crippen molar-refractivity contribution in [3.8, 4) is 17.2 Å². The normalized spacial score (nSPS) is 10.3. The van der Waals surface area contributed by atoms with Gasteiger partial charge in [0.1, 0.15) is 17.3 Å². The van der Waals surface area contributed by atoms with Crippen LogP contribution < -0.4 is 4.74 Å². The van der Waals surface area contributed by atoms with Gasteiger partial charge in [-0.25, -0.2) is 8.78 Å². The molecule has 0 bridgehead atoms. The van der Waals surface area contributed by atoms with Crippen molar-refractivity contribution in [2.24, 2.45) is 0 Å². The molecule has 2 aromatic carbocycles. The van der Waals surface area contributed by atoms with Gasteiger partial charge in [0.15, 0.2) is 11.6 Å². The summed E-state index contributed by atoms with van der Waals surface area (Å²) in [6, 6.07) is 7.05. The molecule has 0 heterocycles. The van der Waals surface area contributed by atoms with E-state index in [9.17, 15) is 13.9 Å². The summed E-state index contributed by atoms with van der Waals surface area (Å²) in [5.41, 5.74) is 0. The Morgan fingerprint density at radius 3 is 2.47 bits per heavy atom. The van der Waals surface area contributed by atoms with Crippen LogP contribution in [0.15, 0.2) is 36.4 Å². The van der Waals surface area contributed by atoms with Crippen molar-refractivity contribution in [3.05, 3.63) is 53.1 Å². The molecule has 0 atom stereocenters. The maximum Gasteiger partial charge on any atom is 0.168 e. The Hall–Kier alpha value is -1.81. The summed E-state index contributed by atoms with van der Waals surface area (Å²) in [7, 11) is 0. The second-order valence-corrected chi connectivity index (χ2v) is 3.70.